The fourth-order valence-electron chi connectivity index (χ4n) is 2.96. The summed E-state index contributed by atoms with van der Waals surface area (Å²) in [6, 6.07) is 7.55. The van der Waals surface area contributed by atoms with Gasteiger partial charge in [0, 0.05) is 19.5 Å². The van der Waals surface area contributed by atoms with E-state index in [9.17, 15) is 14.7 Å². The molecule has 1 aliphatic rings. The third kappa shape index (κ3) is 4.35. The number of carbonyl (C=O) groups excluding carboxylic acids is 2. The zero-order valence-corrected chi connectivity index (χ0v) is 14.8. The first-order valence-corrected chi connectivity index (χ1v) is 8.73. The van der Waals surface area contributed by atoms with Crippen molar-refractivity contribution in [3.05, 3.63) is 35.4 Å². The smallest absolute Gasteiger partial charge is 0.242 e. The molecule has 2 rings (SSSR count). The van der Waals surface area contributed by atoms with E-state index in [0.29, 0.717) is 32.2 Å². The first-order chi connectivity index (χ1) is 11.4. The average molecular weight is 332 g/mol. The highest BCUT2D eigenvalue weighted by Crippen LogP contribution is 2.22. The van der Waals surface area contributed by atoms with Crippen LogP contribution in [0.15, 0.2) is 24.3 Å². The molecule has 0 aliphatic carbocycles. The zero-order valence-electron chi connectivity index (χ0n) is 14.8. The van der Waals surface area contributed by atoms with Gasteiger partial charge in [-0.05, 0) is 31.7 Å². The van der Waals surface area contributed by atoms with Gasteiger partial charge in [-0.2, -0.15) is 0 Å². The SMILES string of the molecule is CCC(O)(CC)CNC(=O)C1CCC(=O)N1Cc1ccc(C)cc1. The molecule has 1 aromatic carbocycles. The van der Waals surface area contributed by atoms with Gasteiger partial charge >= 0.3 is 0 Å². The second kappa shape index (κ2) is 7.79. The number of amides is 2. The molecule has 0 saturated carbocycles. The number of aryl methyl sites for hydroxylation is 1. The lowest BCUT2D eigenvalue weighted by atomic mass is 9.97. The molecule has 2 N–H and O–H groups in total. The number of hydrogen-bond acceptors (Lipinski definition) is 3. The number of likely N-dealkylation sites (tertiary alicyclic amines) is 1. The van der Waals surface area contributed by atoms with Gasteiger partial charge in [-0.1, -0.05) is 43.7 Å². The van der Waals surface area contributed by atoms with Crippen molar-refractivity contribution >= 4 is 11.8 Å². The summed E-state index contributed by atoms with van der Waals surface area (Å²) in [7, 11) is 0. The number of benzene rings is 1. The molecule has 132 valence electrons. The standard InChI is InChI=1S/C19H28N2O3/c1-4-19(24,5-2)13-20-18(23)16-10-11-17(22)21(16)12-15-8-6-14(3)7-9-15/h6-9,16,24H,4-5,10-13H2,1-3H3,(H,20,23). The predicted molar refractivity (Wildman–Crippen MR) is 93.3 cm³/mol. The van der Waals surface area contributed by atoms with Crippen LogP contribution in [0, 0.1) is 6.92 Å². The number of nitrogens with one attached hydrogen (secondary N) is 1. The Bertz CT molecular complexity index is 579. The molecule has 1 saturated heterocycles. The van der Waals surface area contributed by atoms with Crippen molar-refractivity contribution in [3.63, 3.8) is 0 Å². The molecule has 1 atom stereocenters. The number of aliphatic hydroxyl groups is 1. The van der Waals surface area contributed by atoms with Crippen molar-refractivity contribution in [3.8, 4) is 0 Å². The third-order valence-electron chi connectivity index (χ3n) is 5.01. The van der Waals surface area contributed by atoms with Crippen molar-refractivity contribution in [2.45, 2.75) is 64.6 Å². The van der Waals surface area contributed by atoms with Crippen molar-refractivity contribution in [1.29, 1.82) is 0 Å². The van der Waals surface area contributed by atoms with E-state index in [1.807, 2.05) is 45.0 Å². The molecule has 0 aromatic heterocycles. The highest BCUT2D eigenvalue weighted by atomic mass is 16.3. The summed E-state index contributed by atoms with van der Waals surface area (Å²) in [6.07, 6.45) is 2.10. The summed E-state index contributed by atoms with van der Waals surface area (Å²) >= 11 is 0. The Morgan fingerprint density at radius 3 is 2.50 bits per heavy atom. The van der Waals surface area contributed by atoms with Crippen LogP contribution in [0.25, 0.3) is 0 Å². The predicted octanol–water partition coefficient (Wildman–Crippen LogP) is 2.15. The van der Waals surface area contributed by atoms with Crippen molar-refractivity contribution < 1.29 is 14.7 Å². The number of nitrogens with zero attached hydrogens (tertiary/aromatic N) is 1. The van der Waals surface area contributed by atoms with Crippen LogP contribution in [0.5, 0.6) is 0 Å². The Hall–Kier alpha value is -1.88. The van der Waals surface area contributed by atoms with Crippen molar-refractivity contribution in [1.82, 2.24) is 10.2 Å². The Labute approximate surface area is 144 Å². The van der Waals surface area contributed by atoms with Gasteiger partial charge in [-0.3, -0.25) is 9.59 Å². The lowest BCUT2D eigenvalue weighted by Crippen LogP contribution is -2.49. The Kier molecular flexibility index (Phi) is 5.99. The van der Waals surface area contributed by atoms with E-state index in [1.54, 1.807) is 4.90 Å². The van der Waals surface area contributed by atoms with Crippen LogP contribution in [-0.4, -0.2) is 40.0 Å². The minimum atomic E-state index is -0.875. The van der Waals surface area contributed by atoms with Gasteiger partial charge in [-0.25, -0.2) is 0 Å². The maximum Gasteiger partial charge on any atom is 0.242 e. The highest BCUT2D eigenvalue weighted by Gasteiger charge is 2.36. The summed E-state index contributed by atoms with van der Waals surface area (Å²) in [5.74, 6) is -0.162. The van der Waals surface area contributed by atoms with Crippen molar-refractivity contribution in [2.24, 2.45) is 0 Å². The lowest BCUT2D eigenvalue weighted by molar-refractivity contribution is -0.136. The van der Waals surface area contributed by atoms with Gasteiger partial charge in [-0.15, -0.1) is 0 Å². The normalized spacial score (nSPS) is 18.1. The first kappa shape index (κ1) is 18.5. The molecule has 5 nitrogen and oxygen atoms in total. The summed E-state index contributed by atoms with van der Waals surface area (Å²) < 4.78 is 0. The molecule has 1 unspecified atom stereocenters. The maximum atomic E-state index is 12.5. The van der Waals surface area contributed by atoms with E-state index in [1.165, 1.54) is 5.56 Å². The molecule has 0 spiro atoms. The molecular formula is C19H28N2O3. The Morgan fingerprint density at radius 1 is 1.29 bits per heavy atom. The molecular weight excluding hydrogens is 304 g/mol. The molecule has 5 heteroatoms. The Balaban J connectivity index is 2.01. The third-order valence-corrected chi connectivity index (χ3v) is 5.01. The van der Waals surface area contributed by atoms with E-state index in [2.05, 4.69) is 5.32 Å². The summed E-state index contributed by atoms with van der Waals surface area (Å²) in [6.45, 7) is 6.49. The summed E-state index contributed by atoms with van der Waals surface area (Å²) in [5.41, 5.74) is 1.31. The van der Waals surface area contributed by atoms with Crippen molar-refractivity contribution in [2.75, 3.05) is 6.54 Å². The van der Waals surface area contributed by atoms with Gasteiger partial charge in [0.15, 0.2) is 0 Å². The quantitative estimate of drug-likeness (QED) is 0.804. The lowest BCUT2D eigenvalue weighted by Gasteiger charge is -2.28. The topological polar surface area (TPSA) is 69.6 Å². The molecule has 24 heavy (non-hydrogen) atoms. The van der Waals surface area contributed by atoms with Gasteiger partial charge in [0.05, 0.1) is 5.60 Å². The van der Waals surface area contributed by atoms with Gasteiger partial charge in [0.2, 0.25) is 11.8 Å². The molecule has 1 aromatic rings. The molecule has 1 aliphatic heterocycles. The van der Waals surface area contributed by atoms with Gasteiger partial charge < -0.3 is 15.3 Å². The monoisotopic (exact) mass is 332 g/mol. The second-order valence-corrected chi connectivity index (χ2v) is 6.71. The van der Waals surface area contributed by atoms with Gasteiger partial charge in [0.25, 0.3) is 0 Å². The molecule has 0 radical (unpaired) electrons. The Morgan fingerprint density at radius 2 is 1.92 bits per heavy atom. The van der Waals surface area contributed by atoms with E-state index >= 15 is 0 Å². The van der Waals surface area contributed by atoms with E-state index in [0.717, 1.165) is 5.56 Å². The fourth-order valence-corrected chi connectivity index (χ4v) is 2.96. The average Bonchev–Trinajstić information content (AvgIpc) is 2.95. The van der Waals surface area contributed by atoms with E-state index in [4.69, 9.17) is 0 Å². The maximum absolute atomic E-state index is 12.5. The number of hydrogen-bond donors (Lipinski definition) is 2. The zero-order chi connectivity index (χ0) is 17.7. The first-order valence-electron chi connectivity index (χ1n) is 8.73. The largest absolute Gasteiger partial charge is 0.388 e. The van der Waals surface area contributed by atoms with E-state index < -0.39 is 11.6 Å². The molecule has 2 amide bonds. The highest BCUT2D eigenvalue weighted by molar-refractivity contribution is 5.90. The summed E-state index contributed by atoms with van der Waals surface area (Å²) in [5, 5.41) is 13.1. The van der Waals surface area contributed by atoms with Crippen LogP contribution in [-0.2, 0) is 16.1 Å². The van der Waals surface area contributed by atoms with Crippen LogP contribution in [0.2, 0.25) is 0 Å². The number of carbonyl (C=O) groups is 2. The number of rotatable bonds is 7. The van der Waals surface area contributed by atoms with Crippen LogP contribution in [0.3, 0.4) is 0 Å². The van der Waals surface area contributed by atoms with Gasteiger partial charge in [0.1, 0.15) is 6.04 Å². The molecule has 1 fully saturated rings. The van der Waals surface area contributed by atoms with Crippen LogP contribution >= 0.6 is 0 Å². The van der Waals surface area contributed by atoms with Crippen LogP contribution in [0.1, 0.15) is 50.7 Å². The molecule has 0 bridgehead atoms. The van der Waals surface area contributed by atoms with Crippen LogP contribution in [0.4, 0.5) is 0 Å². The summed E-state index contributed by atoms with van der Waals surface area (Å²) in [4.78, 5) is 26.3. The van der Waals surface area contributed by atoms with E-state index in [-0.39, 0.29) is 18.4 Å². The minimum absolute atomic E-state index is 0.0111. The second-order valence-electron chi connectivity index (χ2n) is 6.71. The molecule has 1 heterocycles. The fraction of sp³-hybridized carbons (Fsp3) is 0.579. The van der Waals surface area contributed by atoms with Crippen LogP contribution < -0.4 is 5.32 Å². The minimum Gasteiger partial charge on any atom is -0.388 e.